The highest BCUT2D eigenvalue weighted by atomic mass is 16.4. The molecule has 0 rings (SSSR count). The van der Waals surface area contributed by atoms with Gasteiger partial charge < -0.3 is 5.11 Å². The Bertz CT molecular complexity index is 282. The third-order valence-corrected chi connectivity index (χ3v) is 3.65. The van der Waals surface area contributed by atoms with Gasteiger partial charge in [0.1, 0.15) is 0 Å². The molecule has 0 unspecified atom stereocenters. The third kappa shape index (κ3) is 39.5. The molecule has 1 N–H and O–H groups in total. The molecule has 0 atom stereocenters. The van der Waals surface area contributed by atoms with Gasteiger partial charge in [-0.05, 0) is 39.0 Å². The summed E-state index contributed by atoms with van der Waals surface area (Å²) in [5.74, 6) is -0.664. The summed E-state index contributed by atoms with van der Waals surface area (Å²) in [6, 6.07) is 0. The molecule has 2 heteroatoms. The zero-order valence-electron chi connectivity index (χ0n) is 17.1. The molecule has 0 aromatic rings. The largest absolute Gasteiger partial charge is 0.481 e. The lowest BCUT2D eigenvalue weighted by atomic mass is 10.1. The number of hydrogen-bond acceptors (Lipinski definition) is 1. The standard InChI is InChI=1S/C18H34O2.C3H6.C2H4/c1-2-3-4-5-6-7-8-9-10-11-12-13-14-15-16-17-18(19)20;1-3-2;1-2/h9-10H,2-8,11-17H2,1H3,(H,19,20);3H,1H2,2H3;1-2H2/b10-9-;;. The molecule has 0 amide bonds. The van der Waals surface area contributed by atoms with Crippen LogP contribution in [-0.2, 0) is 4.79 Å². The summed E-state index contributed by atoms with van der Waals surface area (Å²) in [5, 5.41) is 8.51. The van der Waals surface area contributed by atoms with Crippen molar-refractivity contribution in [3.05, 3.63) is 38.0 Å². The second-order valence-electron chi connectivity index (χ2n) is 6.14. The molecule has 0 aliphatic heterocycles. The highest BCUT2D eigenvalue weighted by Gasteiger charge is 1.95. The van der Waals surface area contributed by atoms with E-state index in [1.807, 2.05) is 6.92 Å². The first-order chi connectivity index (χ1) is 12.2. The summed E-state index contributed by atoms with van der Waals surface area (Å²) in [4.78, 5) is 10.3. The molecule has 0 radical (unpaired) electrons. The van der Waals surface area contributed by atoms with Crippen molar-refractivity contribution in [2.24, 2.45) is 0 Å². The monoisotopic (exact) mass is 352 g/mol. The van der Waals surface area contributed by atoms with Gasteiger partial charge in [0.2, 0.25) is 0 Å². The lowest BCUT2D eigenvalue weighted by Crippen LogP contribution is -1.93. The number of carboxylic acid groups (broad SMARTS) is 1. The van der Waals surface area contributed by atoms with E-state index in [4.69, 9.17) is 5.11 Å². The van der Waals surface area contributed by atoms with Gasteiger partial charge in [0.15, 0.2) is 0 Å². The van der Waals surface area contributed by atoms with Gasteiger partial charge in [0, 0.05) is 6.42 Å². The van der Waals surface area contributed by atoms with Gasteiger partial charge in [-0.2, -0.15) is 0 Å². The Labute approximate surface area is 158 Å². The molecule has 0 aromatic carbocycles. The van der Waals surface area contributed by atoms with E-state index in [-0.39, 0.29) is 0 Å². The summed E-state index contributed by atoms with van der Waals surface area (Å²) >= 11 is 0. The number of hydrogen-bond donors (Lipinski definition) is 1. The lowest BCUT2D eigenvalue weighted by molar-refractivity contribution is -0.137. The molecule has 0 saturated carbocycles. The zero-order valence-corrected chi connectivity index (χ0v) is 17.1. The minimum atomic E-state index is -0.664. The molecular formula is C23H44O2. The number of carboxylic acids is 1. The summed E-state index contributed by atoms with van der Waals surface area (Å²) in [7, 11) is 0. The summed E-state index contributed by atoms with van der Waals surface area (Å²) in [5.41, 5.74) is 0. The van der Waals surface area contributed by atoms with E-state index in [1.165, 1.54) is 70.6 Å². The maximum atomic E-state index is 10.3. The molecule has 0 aliphatic rings. The predicted molar refractivity (Wildman–Crippen MR) is 114 cm³/mol. The highest BCUT2D eigenvalue weighted by Crippen LogP contribution is 2.09. The van der Waals surface area contributed by atoms with Crippen molar-refractivity contribution in [3.8, 4) is 0 Å². The third-order valence-electron chi connectivity index (χ3n) is 3.65. The average molecular weight is 353 g/mol. The topological polar surface area (TPSA) is 37.3 Å². The lowest BCUT2D eigenvalue weighted by Gasteiger charge is -1.99. The number of aliphatic carboxylic acids is 1. The number of carbonyl (C=O) groups is 1. The van der Waals surface area contributed by atoms with Crippen LogP contribution in [0.15, 0.2) is 38.0 Å². The Morgan fingerprint density at radius 1 is 0.800 bits per heavy atom. The van der Waals surface area contributed by atoms with Crippen LogP contribution in [0.3, 0.4) is 0 Å². The Hall–Kier alpha value is -1.31. The predicted octanol–water partition coefficient (Wildman–Crippen LogP) is 8.10. The van der Waals surface area contributed by atoms with Crippen molar-refractivity contribution >= 4 is 5.97 Å². The van der Waals surface area contributed by atoms with Gasteiger partial charge in [-0.15, -0.1) is 19.7 Å². The van der Waals surface area contributed by atoms with Crippen LogP contribution in [-0.4, -0.2) is 11.1 Å². The Kier molecular flexibility index (Phi) is 34.8. The van der Waals surface area contributed by atoms with E-state index in [9.17, 15) is 4.79 Å². The average Bonchev–Trinajstić information content (AvgIpc) is 2.60. The first kappa shape index (κ1) is 28.5. The Morgan fingerprint density at radius 2 is 1.16 bits per heavy atom. The van der Waals surface area contributed by atoms with Crippen LogP contribution < -0.4 is 0 Å². The van der Waals surface area contributed by atoms with Crippen LogP contribution in [0.5, 0.6) is 0 Å². The number of unbranched alkanes of at least 4 members (excludes halogenated alkanes) is 11. The quantitative estimate of drug-likeness (QED) is 0.239. The molecule has 0 heterocycles. The van der Waals surface area contributed by atoms with Crippen LogP contribution in [0.25, 0.3) is 0 Å². The van der Waals surface area contributed by atoms with Gasteiger partial charge >= 0.3 is 5.97 Å². The molecule has 0 aromatic heterocycles. The normalized spacial score (nSPS) is 9.68. The van der Waals surface area contributed by atoms with Crippen molar-refractivity contribution < 1.29 is 9.90 Å². The molecule has 148 valence electrons. The van der Waals surface area contributed by atoms with E-state index >= 15 is 0 Å². The minimum absolute atomic E-state index is 0.332. The summed E-state index contributed by atoms with van der Waals surface area (Å²) < 4.78 is 0. The van der Waals surface area contributed by atoms with Crippen LogP contribution in [0, 0.1) is 0 Å². The first-order valence-electron chi connectivity index (χ1n) is 10.1. The van der Waals surface area contributed by atoms with E-state index in [2.05, 4.69) is 38.8 Å². The fourth-order valence-electron chi connectivity index (χ4n) is 2.35. The van der Waals surface area contributed by atoms with Crippen LogP contribution in [0.2, 0.25) is 0 Å². The molecule has 0 saturated heterocycles. The van der Waals surface area contributed by atoms with Crippen molar-refractivity contribution in [2.45, 2.75) is 104 Å². The first-order valence-corrected chi connectivity index (χ1v) is 10.1. The minimum Gasteiger partial charge on any atom is -0.481 e. The van der Waals surface area contributed by atoms with Crippen molar-refractivity contribution in [1.82, 2.24) is 0 Å². The SMILES string of the molecule is C=C.C=CC.CCCCCCCC/C=C\CCCCCCCC(=O)O. The number of allylic oxidation sites excluding steroid dienone is 3. The molecular weight excluding hydrogens is 308 g/mol. The summed E-state index contributed by atoms with van der Waals surface area (Å²) in [6.45, 7) is 13.5. The van der Waals surface area contributed by atoms with Gasteiger partial charge in [-0.25, -0.2) is 0 Å². The summed E-state index contributed by atoms with van der Waals surface area (Å²) in [6.07, 6.45) is 23.0. The van der Waals surface area contributed by atoms with E-state index in [0.717, 1.165) is 12.8 Å². The van der Waals surface area contributed by atoms with E-state index in [1.54, 1.807) is 6.08 Å². The van der Waals surface area contributed by atoms with Crippen LogP contribution >= 0.6 is 0 Å². The van der Waals surface area contributed by atoms with Crippen molar-refractivity contribution in [2.75, 3.05) is 0 Å². The highest BCUT2D eigenvalue weighted by molar-refractivity contribution is 5.66. The molecule has 25 heavy (non-hydrogen) atoms. The van der Waals surface area contributed by atoms with Gasteiger partial charge in [0.05, 0.1) is 0 Å². The van der Waals surface area contributed by atoms with Gasteiger partial charge in [-0.3, -0.25) is 4.79 Å². The molecule has 0 aliphatic carbocycles. The Morgan fingerprint density at radius 3 is 1.56 bits per heavy atom. The van der Waals surface area contributed by atoms with E-state index in [0.29, 0.717) is 6.42 Å². The van der Waals surface area contributed by atoms with Gasteiger partial charge in [-0.1, -0.05) is 76.5 Å². The van der Waals surface area contributed by atoms with E-state index < -0.39 is 5.97 Å². The van der Waals surface area contributed by atoms with Crippen molar-refractivity contribution in [1.29, 1.82) is 0 Å². The molecule has 0 spiro atoms. The second-order valence-corrected chi connectivity index (χ2v) is 6.14. The van der Waals surface area contributed by atoms with Crippen LogP contribution in [0.4, 0.5) is 0 Å². The maximum Gasteiger partial charge on any atom is 0.303 e. The molecule has 2 nitrogen and oxygen atoms in total. The fraction of sp³-hybridized carbons (Fsp3) is 0.696. The van der Waals surface area contributed by atoms with Gasteiger partial charge in [0.25, 0.3) is 0 Å². The zero-order chi connectivity index (χ0) is 19.6. The molecule has 0 fully saturated rings. The van der Waals surface area contributed by atoms with Crippen LogP contribution in [0.1, 0.15) is 104 Å². The molecule has 0 bridgehead atoms. The number of rotatable bonds is 15. The fourth-order valence-corrected chi connectivity index (χ4v) is 2.35. The maximum absolute atomic E-state index is 10.3. The van der Waals surface area contributed by atoms with Crippen molar-refractivity contribution in [3.63, 3.8) is 0 Å². The smallest absolute Gasteiger partial charge is 0.303 e. The second kappa shape index (κ2) is 30.6. The Balaban J connectivity index is -0.000000866.